The molecule has 4 rings (SSSR count). The number of carbonyl (C=O) groups excluding carboxylic acids is 2. The van der Waals surface area contributed by atoms with Crippen molar-refractivity contribution in [3.05, 3.63) is 78.3 Å². The summed E-state index contributed by atoms with van der Waals surface area (Å²) in [5.74, 6) is -0.836. The molecule has 2 heterocycles. The molecule has 0 aliphatic carbocycles. The van der Waals surface area contributed by atoms with Crippen LogP contribution < -0.4 is 10.1 Å². The lowest BCUT2D eigenvalue weighted by Crippen LogP contribution is -2.40. The third-order valence-corrected chi connectivity index (χ3v) is 6.62. The highest BCUT2D eigenvalue weighted by molar-refractivity contribution is 7.89. The molecule has 1 N–H and O–H groups in total. The quantitative estimate of drug-likeness (QED) is 0.448. The highest BCUT2D eigenvalue weighted by Crippen LogP contribution is 2.22. The summed E-state index contributed by atoms with van der Waals surface area (Å²) >= 11 is 0. The van der Waals surface area contributed by atoms with Crippen LogP contribution in [0.25, 0.3) is 0 Å². The van der Waals surface area contributed by atoms with Gasteiger partial charge in [-0.05, 0) is 42.5 Å². The van der Waals surface area contributed by atoms with Crippen LogP contribution in [0.2, 0.25) is 0 Å². The van der Waals surface area contributed by atoms with Crippen molar-refractivity contribution >= 4 is 27.6 Å². The van der Waals surface area contributed by atoms with Gasteiger partial charge in [0.15, 0.2) is 5.76 Å². The molecule has 32 heavy (non-hydrogen) atoms. The maximum Gasteiger partial charge on any atom is 0.343 e. The molecule has 0 spiro atoms. The highest BCUT2D eigenvalue weighted by atomic mass is 32.2. The lowest BCUT2D eigenvalue weighted by molar-refractivity contribution is 0.0727. The second kappa shape index (κ2) is 9.35. The maximum absolute atomic E-state index is 12.8. The van der Waals surface area contributed by atoms with Crippen LogP contribution in [0, 0.1) is 0 Å². The minimum absolute atomic E-state index is 0.00770. The number of amides is 1. The molecule has 0 radical (unpaired) electrons. The Bertz CT molecular complexity index is 1220. The van der Waals surface area contributed by atoms with Crippen molar-refractivity contribution in [2.45, 2.75) is 4.90 Å². The third-order valence-electron chi connectivity index (χ3n) is 4.72. The van der Waals surface area contributed by atoms with Crippen LogP contribution in [0.15, 0.2) is 76.2 Å². The summed E-state index contributed by atoms with van der Waals surface area (Å²) in [7, 11) is -3.74. The largest absolute Gasteiger partial charge is 0.459 e. The number of morpholine rings is 1. The molecular formula is C22H20N2O7S. The summed E-state index contributed by atoms with van der Waals surface area (Å²) in [5, 5.41) is 2.64. The van der Waals surface area contributed by atoms with Crippen molar-refractivity contribution in [3.63, 3.8) is 0 Å². The molecule has 1 amide bonds. The first kappa shape index (κ1) is 21.8. The maximum atomic E-state index is 12.8. The first-order valence-electron chi connectivity index (χ1n) is 9.78. The van der Waals surface area contributed by atoms with Gasteiger partial charge in [-0.2, -0.15) is 4.31 Å². The number of furan rings is 1. The van der Waals surface area contributed by atoms with Crippen molar-refractivity contribution in [3.8, 4) is 5.75 Å². The average molecular weight is 456 g/mol. The van der Waals surface area contributed by atoms with Gasteiger partial charge in [-0.15, -0.1) is 0 Å². The number of ether oxygens (including phenoxy) is 2. The molecule has 0 unspecified atom stereocenters. The molecule has 2 aromatic carbocycles. The molecule has 1 aliphatic rings. The second-order valence-electron chi connectivity index (χ2n) is 6.89. The van der Waals surface area contributed by atoms with Crippen LogP contribution in [0.5, 0.6) is 5.75 Å². The van der Waals surface area contributed by atoms with E-state index in [2.05, 4.69) is 5.32 Å². The van der Waals surface area contributed by atoms with Crippen LogP contribution in [0.4, 0.5) is 5.69 Å². The van der Waals surface area contributed by atoms with E-state index in [-0.39, 0.29) is 35.1 Å². The van der Waals surface area contributed by atoms with E-state index in [1.54, 1.807) is 24.3 Å². The summed E-state index contributed by atoms with van der Waals surface area (Å²) in [6.07, 6.45) is 1.39. The molecule has 166 valence electrons. The van der Waals surface area contributed by atoms with Crippen molar-refractivity contribution < 1.29 is 31.9 Å². The molecule has 10 heteroatoms. The van der Waals surface area contributed by atoms with E-state index in [9.17, 15) is 18.0 Å². The number of esters is 1. The van der Waals surface area contributed by atoms with Crippen molar-refractivity contribution in [1.29, 1.82) is 0 Å². The van der Waals surface area contributed by atoms with Crippen LogP contribution in [-0.4, -0.2) is 50.9 Å². The minimum atomic E-state index is -3.74. The number of nitrogens with one attached hydrogen (secondary N) is 1. The van der Waals surface area contributed by atoms with Gasteiger partial charge >= 0.3 is 5.97 Å². The first-order valence-corrected chi connectivity index (χ1v) is 11.2. The predicted molar refractivity (Wildman–Crippen MR) is 114 cm³/mol. The topological polar surface area (TPSA) is 115 Å². The summed E-state index contributed by atoms with van der Waals surface area (Å²) in [4.78, 5) is 24.8. The molecule has 1 aromatic heterocycles. The number of rotatable bonds is 6. The van der Waals surface area contributed by atoms with E-state index in [4.69, 9.17) is 13.9 Å². The zero-order valence-corrected chi connectivity index (χ0v) is 17.7. The fourth-order valence-electron chi connectivity index (χ4n) is 3.12. The van der Waals surface area contributed by atoms with E-state index in [0.29, 0.717) is 18.9 Å². The number of hydrogen-bond donors (Lipinski definition) is 1. The molecule has 0 bridgehead atoms. The van der Waals surface area contributed by atoms with Gasteiger partial charge in [0.1, 0.15) is 5.75 Å². The van der Waals surface area contributed by atoms with Crippen molar-refractivity contribution in [2.24, 2.45) is 0 Å². The summed E-state index contributed by atoms with van der Waals surface area (Å²) < 4.78 is 42.6. The fraction of sp³-hybridized carbons (Fsp3) is 0.182. The zero-order valence-electron chi connectivity index (χ0n) is 16.9. The fourth-order valence-corrected chi connectivity index (χ4v) is 4.58. The number of carbonyl (C=O) groups is 2. The molecule has 1 aliphatic heterocycles. The monoisotopic (exact) mass is 456 g/mol. The summed E-state index contributed by atoms with van der Waals surface area (Å²) in [5.41, 5.74) is 0.490. The molecule has 3 aromatic rings. The Hall–Kier alpha value is -3.47. The Kier molecular flexibility index (Phi) is 6.35. The Morgan fingerprint density at radius 3 is 2.50 bits per heavy atom. The van der Waals surface area contributed by atoms with E-state index in [1.807, 2.05) is 0 Å². The van der Waals surface area contributed by atoms with Crippen LogP contribution >= 0.6 is 0 Å². The average Bonchev–Trinajstić information content (AvgIpc) is 3.35. The van der Waals surface area contributed by atoms with Crippen LogP contribution in [0.3, 0.4) is 0 Å². The van der Waals surface area contributed by atoms with Crippen molar-refractivity contribution in [1.82, 2.24) is 4.31 Å². The Morgan fingerprint density at radius 1 is 0.969 bits per heavy atom. The SMILES string of the molecule is O=C(Oc1cccc(NC(=O)c2ccco2)c1)c1cccc(S(=O)(=O)N2CCOCC2)c1. The highest BCUT2D eigenvalue weighted by Gasteiger charge is 2.27. The van der Waals surface area contributed by atoms with Gasteiger partial charge < -0.3 is 19.2 Å². The Labute approximate surface area is 184 Å². The van der Waals surface area contributed by atoms with Crippen molar-refractivity contribution in [2.75, 3.05) is 31.6 Å². The molecule has 0 saturated carbocycles. The number of sulfonamides is 1. The van der Waals surface area contributed by atoms with Gasteiger partial charge in [-0.3, -0.25) is 4.79 Å². The molecule has 1 fully saturated rings. The van der Waals surface area contributed by atoms with Crippen LogP contribution in [0.1, 0.15) is 20.9 Å². The zero-order chi connectivity index (χ0) is 22.6. The van der Waals surface area contributed by atoms with Gasteiger partial charge in [-0.25, -0.2) is 13.2 Å². The number of nitrogens with zero attached hydrogens (tertiary/aromatic N) is 1. The van der Waals surface area contributed by atoms with Crippen LogP contribution in [-0.2, 0) is 14.8 Å². The van der Waals surface area contributed by atoms with E-state index < -0.39 is 21.9 Å². The summed E-state index contributed by atoms with van der Waals surface area (Å²) in [6.45, 7) is 1.17. The normalized spacial score (nSPS) is 14.6. The van der Waals surface area contributed by atoms with Gasteiger partial charge in [0.05, 0.1) is 29.9 Å². The lowest BCUT2D eigenvalue weighted by Gasteiger charge is -2.26. The number of hydrogen-bond acceptors (Lipinski definition) is 7. The Balaban J connectivity index is 1.47. The lowest BCUT2D eigenvalue weighted by atomic mass is 10.2. The molecule has 1 saturated heterocycles. The van der Waals surface area contributed by atoms with Gasteiger partial charge in [-0.1, -0.05) is 12.1 Å². The second-order valence-corrected chi connectivity index (χ2v) is 8.83. The van der Waals surface area contributed by atoms with Gasteiger partial charge in [0.2, 0.25) is 10.0 Å². The third kappa shape index (κ3) is 4.88. The predicted octanol–water partition coefficient (Wildman–Crippen LogP) is 2.77. The van der Waals surface area contributed by atoms with Gasteiger partial charge in [0.25, 0.3) is 5.91 Å². The molecular weight excluding hydrogens is 436 g/mol. The van der Waals surface area contributed by atoms with E-state index >= 15 is 0 Å². The number of benzene rings is 2. The minimum Gasteiger partial charge on any atom is -0.459 e. The standard InChI is InChI=1S/C22H20N2O7S/c25-21(20-8-3-11-30-20)23-17-5-2-6-18(15-17)31-22(26)16-4-1-7-19(14-16)32(27,28)24-9-12-29-13-10-24/h1-8,11,14-15H,9-10,12-13H2,(H,23,25). The number of anilines is 1. The smallest absolute Gasteiger partial charge is 0.343 e. The molecule has 0 atom stereocenters. The van der Waals surface area contributed by atoms with Gasteiger partial charge in [0, 0.05) is 24.8 Å². The molecule has 9 nitrogen and oxygen atoms in total. The Morgan fingerprint density at radius 2 is 1.75 bits per heavy atom. The van der Waals surface area contributed by atoms with E-state index in [0.717, 1.165) is 0 Å². The first-order chi connectivity index (χ1) is 15.4. The van der Waals surface area contributed by atoms with E-state index in [1.165, 1.54) is 47.0 Å². The summed E-state index contributed by atoms with van der Waals surface area (Å²) in [6, 6.07) is 15.1.